The minimum absolute atomic E-state index is 0.467. The molecule has 2 fully saturated rings. The lowest BCUT2D eigenvalue weighted by molar-refractivity contribution is 0.0578. The maximum absolute atomic E-state index is 3.57. The van der Waals surface area contributed by atoms with Crippen molar-refractivity contribution in [2.75, 3.05) is 20.6 Å². The third kappa shape index (κ3) is 3.72. The molecule has 2 aliphatic rings. The molecule has 2 saturated carbocycles. The second kappa shape index (κ2) is 6.13. The summed E-state index contributed by atoms with van der Waals surface area (Å²) in [5.74, 6) is 1.86. The average Bonchev–Trinajstić information content (AvgIpc) is 2.31. The quantitative estimate of drug-likeness (QED) is 0.837. The Labute approximate surface area is 120 Å². The highest BCUT2D eigenvalue weighted by Gasteiger charge is 2.37. The number of nitrogens with zero attached hydrogens (tertiary/aromatic N) is 1. The van der Waals surface area contributed by atoms with Crippen molar-refractivity contribution in [3.63, 3.8) is 0 Å². The van der Waals surface area contributed by atoms with Crippen LogP contribution < -0.4 is 5.32 Å². The van der Waals surface area contributed by atoms with Crippen molar-refractivity contribution in [3.8, 4) is 0 Å². The molecule has 2 nitrogen and oxygen atoms in total. The molecule has 0 aromatic carbocycles. The van der Waals surface area contributed by atoms with Crippen LogP contribution in [0.25, 0.3) is 0 Å². The molecule has 0 aromatic rings. The topological polar surface area (TPSA) is 15.3 Å². The Morgan fingerprint density at radius 1 is 1.11 bits per heavy atom. The Morgan fingerprint density at radius 3 is 2.26 bits per heavy atom. The second-order valence-electron chi connectivity index (χ2n) is 8.08. The summed E-state index contributed by atoms with van der Waals surface area (Å²) in [7, 11) is 4.50. The molecule has 19 heavy (non-hydrogen) atoms. The van der Waals surface area contributed by atoms with Crippen LogP contribution in [0.4, 0.5) is 0 Å². The van der Waals surface area contributed by atoms with Crippen LogP contribution in [0, 0.1) is 17.3 Å². The van der Waals surface area contributed by atoms with Crippen LogP contribution in [0.5, 0.6) is 0 Å². The van der Waals surface area contributed by atoms with E-state index in [0.29, 0.717) is 11.5 Å². The minimum atomic E-state index is 0.467. The first-order valence-corrected chi connectivity index (χ1v) is 8.29. The third-order valence-electron chi connectivity index (χ3n) is 5.75. The number of hydrogen-bond donors (Lipinski definition) is 1. The molecule has 0 amide bonds. The molecule has 1 N–H and O–H groups in total. The van der Waals surface area contributed by atoms with Crippen molar-refractivity contribution in [1.29, 1.82) is 0 Å². The number of likely N-dealkylation sites (N-methyl/N-ethyl adjacent to an activating group) is 2. The SMILES string of the molecule is CNC1CCC(C(C)(C)C)CC1N(C)CC1CCC1. The van der Waals surface area contributed by atoms with E-state index in [0.717, 1.165) is 17.9 Å². The highest BCUT2D eigenvalue weighted by Crippen LogP contribution is 2.39. The zero-order valence-corrected chi connectivity index (χ0v) is 13.7. The van der Waals surface area contributed by atoms with E-state index in [-0.39, 0.29) is 0 Å². The predicted molar refractivity (Wildman–Crippen MR) is 83.4 cm³/mol. The van der Waals surface area contributed by atoms with Crippen LogP contribution in [0.15, 0.2) is 0 Å². The predicted octanol–water partition coefficient (Wildman–Crippen LogP) is 3.52. The summed E-state index contributed by atoms with van der Waals surface area (Å²) in [5, 5.41) is 3.57. The number of nitrogens with one attached hydrogen (secondary N) is 1. The van der Waals surface area contributed by atoms with Gasteiger partial charge in [-0.05, 0) is 63.5 Å². The molecule has 2 rings (SSSR count). The van der Waals surface area contributed by atoms with Crippen LogP contribution in [0.2, 0.25) is 0 Å². The van der Waals surface area contributed by atoms with Crippen LogP contribution in [-0.4, -0.2) is 37.6 Å². The fourth-order valence-corrected chi connectivity index (χ4v) is 3.98. The molecule has 0 bridgehead atoms. The summed E-state index contributed by atoms with van der Waals surface area (Å²) in [6.07, 6.45) is 8.50. The fourth-order valence-electron chi connectivity index (χ4n) is 3.98. The van der Waals surface area contributed by atoms with Gasteiger partial charge in [-0.3, -0.25) is 0 Å². The number of hydrogen-bond acceptors (Lipinski definition) is 2. The lowest BCUT2D eigenvalue weighted by Crippen LogP contribution is -2.53. The van der Waals surface area contributed by atoms with E-state index in [9.17, 15) is 0 Å². The van der Waals surface area contributed by atoms with Gasteiger partial charge in [0.1, 0.15) is 0 Å². The molecule has 2 heteroatoms. The zero-order chi connectivity index (χ0) is 14.0. The van der Waals surface area contributed by atoms with Gasteiger partial charge in [0, 0.05) is 18.6 Å². The summed E-state index contributed by atoms with van der Waals surface area (Å²) in [4.78, 5) is 2.67. The van der Waals surface area contributed by atoms with Crippen molar-refractivity contribution in [2.45, 2.75) is 71.4 Å². The highest BCUT2D eigenvalue weighted by atomic mass is 15.2. The van der Waals surface area contributed by atoms with Crippen molar-refractivity contribution in [1.82, 2.24) is 10.2 Å². The van der Waals surface area contributed by atoms with E-state index in [4.69, 9.17) is 0 Å². The smallest absolute Gasteiger partial charge is 0.0249 e. The normalized spacial score (nSPS) is 33.5. The van der Waals surface area contributed by atoms with E-state index in [1.807, 2.05) is 0 Å². The molecule has 3 atom stereocenters. The van der Waals surface area contributed by atoms with Gasteiger partial charge < -0.3 is 10.2 Å². The maximum atomic E-state index is 3.57. The Morgan fingerprint density at radius 2 is 1.79 bits per heavy atom. The molecule has 0 spiro atoms. The molecule has 0 aromatic heterocycles. The van der Waals surface area contributed by atoms with Crippen LogP contribution in [0.1, 0.15) is 59.3 Å². The first-order chi connectivity index (χ1) is 8.91. The average molecular weight is 266 g/mol. The van der Waals surface area contributed by atoms with Gasteiger partial charge in [-0.15, -0.1) is 0 Å². The molecular formula is C17H34N2. The molecular weight excluding hydrogens is 232 g/mol. The molecule has 0 radical (unpaired) electrons. The molecule has 0 aliphatic heterocycles. The van der Waals surface area contributed by atoms with Gasteiger partial charge in [0.15, 0.2) is 0 Å². The largest absolute Gasteiger partial charge is 0.315 e. The third-order valence-corrected chi connectivity index (χ3v) is 5.75. The van der Waals surface area contributed by atoms with Crippen LogP contribution in [0.3, 0.4) is 0 Å². The summed E-state index contributed by atoms with van der Waals surface area (Å²) >= 11 is 0. The van der Waals surface area contributed by atoms with Gasteiger partial charge >= 0.3 is 0 Å². The number of rotatable bonds is 4. The van der Waals surface area contributed by atoms with E-state index in [1.165, 1.54) is 45.1 Å². The standard InChI is InChI=1S/C17H34N2/c1-17(2,3)14-9-10-15(18-4)16(11-14)19(5)12-13-7-6-8-13/h13-16,18H,6-12H2,1-5H3. The van der Waals surface area contributed by atoms with Gasteiger partial charge in [0.25, 0.3) is 0 Å². The second-order valence-corrected chi connectivity index (χ2v) is 8.08. The van der Waals surface area contributed by atoms with Gasteiger partial charge in [0.05, 0.1) is 0 Å². The molecule has 0 saturated heterocycles. The molecule has 0 heterocycles. The van der Waals surface area contributed by atoms with Crippen molar-refractivity contribution < 1.29 is 0 Å². The fraction of sp³-hybridized carbons (Fsp3) is 1.00. The first-order valence-electron chi connectivity index (χ1n) is 8.29. The van der Waals surface area contributed by atoms with E-state index in [2.05, 4.69) is 45.1 Å². The Kier molecular flexibility index (Phi) is 4.94. The zero-order valence-electron chi connectivity index (χ0n) is 13.7. The van der Waals surface area contributed by atoms with Gasteiger partial charge in [-0.2, -0.15) is 0 Å². The monoisotopic (exact) mass is 266 g/mol. The van der Waals surface area contributed by atoms with E-state index >= 15 is 0 Å². The van der Waals surface area contributed by atoms with Crippen molar-refractivity contribution >= 4 is 0 Å². The molecule has 112 valence electrons. The summed E-state index contributed by atoms with van der Waals surface area (Å²) in [6, 6.07) is 1.44. The van der Waals surface area contributed by atoms with Gasteiger partial charge in [-0.1, -0.05) is 27.2 Å². The van der Waals surface area contributed by atoms with Crippen LogP contribution >= 0.6 is 0 Å². The van der Waals surface area contributed by atoms with Crippen LogP contribution in [-0.2, 0) is 0 Å². The van der Waals surface area contributed by atoms with Gasteiger partial charge in [-0.25, -0.2) is 0 Å². The lowest BCUT2D eigenvalue weighted by Gasteiger charge is -2.46. The molecule has 3 unspecified atom stereocenters. The van der Waals surface area contributed by atoms with E-state index in [1.54, 1.807) is 0 Å². The molecule has 2 aliphatic carbocycles. The summed E-state index contributed by atoms with van der Waals surface area (Å²) < 4.78 is 0. The van der Waals surface area contributed by atoms with E-state index < -0.39 is 0 Å². The Balaban J connectivity index is 1.96. The highest BCUT2D eigenvalue weighted by molar-refractivity contribution is 4.93. The maximum Gasteiger partial charge on any atom is 0.0249 e. The summed E-state index contributed by atoms with van der Waals surface area (Å²) in [6.45, 7) is 8.57. The first kappa shape index (κ1) is 15.3. The Hall–Kier alpha value is -0.0800. The minimum Gasteiger partial charge on any atom is -0.315 e. The van der Waals surface area contributed by atoms with Crippen molar-refractivity contribution in [3.05, 3.63) is 0 Å². The Bertz CT molecular complexity index is 277. The van der Waals surface area contributed by atoms with Crippen molar-refractivity contribution in [2.24, 2.45) is 17.3 Å². The van der Waals surface area contributed by atoms with Gasteiger partial charge in [0.2, 0.25) is 0 Å². The lowest BCUT2D eigenvalue weighted by atomic mass is 9.69. The summed E-state index contributed by atoms with van der Waals surface area (Å²) in [5.41, 5.74) is 0.467.